The minimum atomic E-state index is -0.574. The number of oxazole rings is 1. The highest BCUT2D eigenvalue weighted by Crippen LogP contribution is 2.29. The van der Waals surface area contributed by atoms with Gasteiger partial charge in [-0.15, -0.1) is 0 Å². The van der Waals surface area contributed by atoms with Gasteiger partial charge in [0.2, 0.25) is 11.8 Å². The Kier molecular flexibility index (Phi) is 7.26. The van der Waals surface area contributed by atoms with Crippen LogP contribution >= 0.6 is 0 Å². The summed E-state index contributed by atoms with van der Waals surface area (Å²) in [7, 11) is 0. The fourth-order valence-electron chi connectivity index (χ4n) is 4.81. The second-order valence-electron chi connectivity index (χ2n) is 9.46. The molecule has 1 aliphatic heterocycles. The molecule has 186 valence electrons. The number of ether oxygens (including phenoxy) is 1. The molecule has 7 heteroatoms. The van der Waals surface area contributed by atoms with E-state index in [1.165, 1.54) is 5.56 Å². The zero-order valence-electron chi connectivity index (χ0n) is 20.7. The molecule has 0 unspecified atom stereocenters. The fourth-order valence-corrected chi connectivity index (χ4v) is 4.81. The molecule has 0 radical (unpaired) electrons. The number of benzene rings is 2. The summed E-state index contributed by atoms with van der Waals surface area (Å²) in [6.07, 6.45) is 4.26. The van der Waals surface area contributed by atoms with Gasteiger partial charge in [-0.05, 0) is 61.6 Å². The minimum absolute atomic E-state index is 0.288. The molecule has 0 spiro atoms. The molecule has 2 aromatic carbocycles. The Balaban J connectivity index is 1.17. The Morgan fingerprint density at radius 2 is 1.86 bits per heavy atom. The standard InChI is InChI=1S/C29H31FN4O2/c1-20-16-25(34(19-20)29-31-14-12-24(18-30)32-29)17-22-8-10-26(11-9-22)35-15-13-27-21(2)36-28(33-27)23-6-4-3-5-7-23/h3-12,14,20,25H,13,15-19H2,1-2H3/t20-,25+/m1/s1. The van der Waals surface area contributed by atoms with E-state index in [2.05, 4.69) is 38.9 Å². The summed E-state index contributed by atoms with van der Waals surface area (Å²) in [5.41, 5.74) is 3.55. The Bertz CT molecular complexity index is 1280. The first-order valence-corrected chi connectivity index (χ1v) is 12.5. The molecular formula is C29H31FN4O2. The Hall–Kier alpha value is -3.74. The molecule has 3 heterocycles. The maximum absolute atomic E-state index is 13.1. The average molecular weight is 487 g/mol. The maximum Gasteiger partial charge on any atom is 0.226 e. The highest BCUT2D eigenvalue weighted by atomic mass is 19.1. The number of alkyl halides is 1. The van der Waals surface area contributed by atoms with E-state index in [-0.39, 0.29) is 6.04 Å². The van der Waals surface area contributed by atoms with Crippen LogP contribution < -0.4 is 9.64 Å². The van der Waals surface area contributed by atoms with Gasteiger partial charge in [0.25, 0.3) is 0 Å². The van der Waals surface area contributed by atoms with Crippen molar-refractivity contribution in [2.24, 2.45) is 5.92 Å². The lowest BCUT2D eigenvalue weighted by molar-refractivity contribution is 0.320. The number of hydrogen-bond acceptors (Lipinski definition) is 6. The average Bonchev–Trinajstić information content (AvgIpc) is 3.47. The molecule has 0 bridgehead atoms. The Morgan fingerprint density at radius 1 is 1.06 bits per heavy atom. The van der Waals surface area contributed by atoms with Crippen molar-refractivity contribution >= 4 is 5.95 Å². The van der Waals surface area contributed by atoms with Crippen LogP contribution in [0.1, 0.15) is 36.1 Å². The van der Waals surface area contributed by atoms with E-state index >= 15 is 0 Å². The van der Waals surface area contributed by atoms with Gasteiger partial charge in [-0.1, -0.05) is 37.3 Å². The monoisotopic (exact) mass is 486 g/mol. The summed E-state index contributed by atoms with van der Waals surface area (Å²) in [5, 5.41) is 0. The number of hydrogen-bond donors (Lipinski definition) is 0. The molecule has 0 saturated carbocycles. The molecule has 1 aliphatic rings. The predicted molar refractivity (Wildman–Crippen MR) is 138 cm³/mol. The van der Waals surface area contributed by atoms with Crippen molar-refractivity contribution in [3.05, 3.63) is 89.6 Å². The minimum Gasteiger partial charge on any atom is -0.493 e. The molecule has 1 saturated heterocycles. The van der Waals surface area contributed by atoms with Crippen LogP contribution in [0.3, 0.4) is 0 Å². The van der Waals surface area contributed by atoms with E-state index in [0.717, 1.165) is 42.2 Å². The molecule has 0 N–H and O–H groups in total. The van der Waals surface area contributed by atoms with Crippen LogP contribution in [0.25, 0.3) is 11.5 Å². The van der Waals surface area contributed by atoms with Gasteiger partial charge in [-0.2, -0.15) is 0 Å². The third-order valence-electron chi connectivity index (χ3n) is 6.63. The van der Waals surface area contributed by atoms with Crippen molar-refractivity contribution in [1.29, 1.82) is 0 Å². The number of nitrogens with zero attached hydrogens (tertiary/aromatic N) is 4. The van der Waals surface area contributed by atoms with Crippen LogP contribution in [-0.2, 0) is 19.5 Å². The molecule has 1 fully saturated rings. The van der Waals surface area contributed by atoms with Crippen molar-refractivity contribution in [3.8, 4) is 17.2 Å². The summed E-state index contributed by atoms with van der Waals surface area (Å²) in [6.45, 7) is 5.01. The van der Waals surface area contributed by atoms with Gasteiger partial charge < -0.3 is 14.1 Å². The van der Waals surface area contributed by atoms with Crippen LogP contribution in [0.5, 0.6) is 5.75 Å². The van der Waals surface area contributed by atoms with Crippen LogP contribution in [0.15, 0.2) is 71.3 Å². The number of aromatic nitrogens is 3. The van der Waals surface area contributed by atoms with Gasteiger partial charge in [0.15, 0.2) is 0 Å². The lowest BCUT2D eigenvalue weighted by atomic mass is 10.0. The van der Waals surface area contributed by atoms with Gasteiger partial charge in [-0.25, -0.2) is 19.3 Å². The zero-order valence-corrected chi connectivity index (χ0v) is 20.7. The molecule has 2 atom stereocenters. The summed E-state index contributed by atoms with van der Waals surface area (Å²) in [4.78, 5) is 15.7. The highest BCUT2D eigenvalue weighted by molar-refractivity contribution is 5.53. The van der Waals surface area contributed by atoms with E-state index in [4.69, 9.17) is 9.15 Å². The third-order valence-corrected chi connectivity index (χ3v) is 6.63. The summed E-state index contributed by atoms with van der Waals surface area (Å²) in [5.74, 6) is 3.46. The summed E-state index contributed by atoms with van der Waals surface area (Å²) >= 11 is 0. The molecule has 6 nitrogen and oxygen atoms in total. The van der Waals surface area contributed by atoms with Gasteiger partial charge in [-0.3, -0.25) is 0 Å². The molecule has 2 aromatic heterocycles. The first-order chi connectivity index (χ1) is 17.6. The normalized spacial score (nSPS) is 17.5. The first kappa shape index (κ1) is 24.0. The van der Waals surface area contributed by atoms with Crippen LogP contribution in [0.2, 0.25) is 0 Å². The fraction of sp³-hybridized carbons (Fsp3) is 0.345. The SMILES string of the molecule is Cc1oc(-c2ccccc2)nc1CCOc1ccc(C[C@@H]2C[C@@H](C)CN2c2nccc(CF)n2)cc1. The number of rotatable bonds is 9. The van der Waals surface area contributed by atoms with E-state index in [0.29, 0.717) is 36.5 Å². The summed E-state index contributed by atoms with van der Waals surface area (Å²) < 4.78 is 24.9. The molecule has 5 rings (SSSR count). The molecule has 0 amide bonds. The number of halogens is 1. The number of anilines is 1. The van der Waals surface area contributed by atoms with Gasteiger partial charge in [0.1, 0.15) is 18.2 Å². The molecule has 4 aromatic rings. The van der Waals surface area contributed by atoms with Crippen molar-refractivity contribution in [2.75, 3.05) is 18.1 Å². The smallest absolute Gasteiger partial charge is 0.226 e. The van der Waals surface area contributed by atoms with Gasteiger partial charge in [0, 0.05) is 30.8 Å². The molecule has 0 aliphatic carbocycles. The van der Waals surface area contributed by atoms with E-state index in [9.17, 15) is 4.39 Å². The lowest BCUT2D eigenvalue weighted by Crippen LogP contribution is -2.32. The predicted octanol–water partition coefficient (Wildman–Crippen LogP) is 5.99. The van der Waals surface area contributed by atoms with Crippen LogP contribution in [0.4, 0.5) is 10.3 Å². The second kappa shape index (κ2) is 10.9. The van der Waals surface area contributed by atoms with Crippen LogP contribution in [-0.4, -0.2) is 34.1 Å². The van der Waals surface area contributed by atoms with Crippen LogP contribution in [0, 0.1) is 12.8 Å². The topological polar surface area (TPSA) is 64.3 Å². The zero-order chi connectivity index (χ0) is 24.9. The molecule has 36 heavy (non-hydrogen) atoms. The first-order valence-electron chi connectivity index (χ1n) is 12.5. The van der Waals surface area contributed by atoms with Crippen molar-refractivity contribution in [1.82, 2.24) is 15.0 Å². The number of aryl methyl sites for hydroxylation is 1. The highest BCUT2D eigenvalue weighted by Gasteiger charge is 2.31. The Labute approximate surface area is 211 Å². The molecular weight excluding hydrogens is 455 g/mol. The van der Waals surface area contributed by atoms with Gasteiger partial charge >= 0.3 is 0 Å². The lowest BCUT2D eigenvalue weighted by Gasteiger charge is -2.25. The van der Waals surface area contributed by atoms with Gasteiger partial charge in [0.05, 0.1) is 18.0 Å². The maximum atomic E-state index is 13.1. The van der Waals surface area contributed by atoms with Crippen molar-refractivity contribution in [2.45, 2.75) is 45.8 Å². The second-order valence-corrected chi connectivity index (χ2v) is 9.46. The van der Waals surface area contributed by atoms with E-state index in [1.54, 1.807) is 12.3 Å². The van der Waals surface area contributed by atoms with Crippen molar-refractivity contribution < 1.29 is 13.5 Å². The van der Waals surface area contributed by atoms with E-state index < -0.39 is 6.67 Å². The van der Waals surface area contributed by atoms with E-state index in [1.807, 2.05) is 49.4 Å². The van der Waals surface area contributed by atoms with Crippen molar-refractivity contribution in [3.63, 3.8) is 0 Å². The summed E-state index contributed by atoms with van der Waals surface area (Å²) in [6, 6.07) is 20.1. The largest absolute Gasteiger partial charge is 0.493 e. The quantitative estimate of drug-likeness (QED) is 0.290. The third kappa shape index (κ3) is 5.56. The Morgan fingerprint density at radius 3 is 2.64 bits per heavy atom.